The van der Waals surface area contributed by atoms with E-state index in [2.05, 4.69) is 5.32 Å². The predicted molar refractivity (Wildman–Crippen MR) is 77.4 cm³/mol. The Morgan fingerprint density at radius 3 is 2.84 bits per heavy atom. The van der Waals surface area contributed by atoms with Crippen LogP contribution in [-0.2, 0) is 11.2 Å². The van der Waals surface area contributed by atoms with Gasteiger partial charge in [-0.1, -0.05) is 35.9 Å². The van der Waals surface area contributed by atoms with Gasteiger partial charge in [0.1, 0.15) is 0 Å². The number of halogens is 1. The van der Waals surface area contributed by atoms with E-state index >= 15 is 0 Å². The van der Waals surface area contributed by atoms with Crippen LogP contribution in [0, 0.1) is 0 Å². The van der Waals surface area contributed by atoms with Crippen LogP contribution in [-0.4, -0.2) is 5.91 Å². The van der Waals surface area contributed by atoms with Crippen molar-refractivity contribution >= 4 is 28.9 Å². The molecule has 1 aliphatic rings. The molecule has 4 heteroatoms. The largest absolute Gasteiger partial charge is 0.399 e. The molecule has 1 aliphatic carbocycles. The van der Waals surface area contributed by atoms with Gasteiger partial charge in [-0.25, -0.2) is 0 Å². The molecule has 0 aliphatic heterocycles. The van der Waals surface area contributed by atoms with E-state index in [0.717, 1.165) is 12.0 Å². The molecule has 3 nitrogen and oxygen atoms in total. The maximum atomic E-state index is 12.2. The Kier molecular flexibility index (Phi) is 2.91. The lowest BCUT2D eigenvalue weighted by atomic mass is 9.77. The average molecular weight is 273 g/mol. The highest BCUT2D eigenvalue weighted by Crippen LogP contribution is 2.36. The number of hydrogen-bond acceptors (Lipinski definition) is 2. The summed E-state index contributed by atoms with van der Waals surface area (Å²) < 4.78 is 0. The van der Waals surface area contributed by atoms with Crippen molar-refractivity contribution in [3.8, 4) is 0 Å². The Bertz CT molecular complexity index is 654. The van der Waals surface area contributed by atoms with Gasteiger partial charge in [0.05, 0.1) is 16.6 Å². The molecule has 1 unspecified atom stereocenters. The summed E-state index contributed by atoms with van der Waals surface area (Å²) in [6, 6.07) is 13.0. The minimum absolute atomic E-state index is 0.0359. The molecule has 0 radical (unpaired) electrons. The van der Waals surface area contributed by atoms with Gasteiger partial charge in [0.15, 0.2) is 0 Å². The first kappa shape index (κ1) is 12.1. The van der Waals surface area contributed by atoms with Crippen LogP contribution >= 0.6 is 11.6 Å². The summed E-state index contributed by atoms with van der Waals surface area (Å²) in [7, 11) is 0. The molecule has 2 aromatic rings. The van der Waals surface area contributed by atoms with Gasteiger partial charge < -0.3 is 11.1 Å². The molecule has 96 valence electrons. The highest BCUT2D eigenvalue weighted by molar-refractivity contribution is 6.33. The number of rotatable bonds is 2. The Labute approximate surface area is 116 Å². The van der Waals surface area contributed by atoms with Gasteiger partial charge in [-0.2, -0.15) is 0 Å². The van der Waals surface area contributed by atoms with Crippen LogP contribution in [0.25, 0.3) is 0 Å². The molecular formula is C15H13ClN2O. The van der Waals surface area contributed by atoms with E-state index in [0.29, 0.717) is 16.4 Å². The van der Waals surface area contributed by atoms with Crippen LogP contribution in [0.15, 0.2) is 42.5 Å². The molecule has 0 bridgehead atoms. The van der Waals surface area contributed by atoms with E-state index in [9.17, 15) is 4.79 Å². The third kappa shape index (κ3) is 2.17. The second-order valence-electron chi connectivity index (χ2n) is 4.68. The third-order valence-electron chi connectivity index (χ3n) is 3.42. The molecule has 0 fully saturated rings. The standard InChI is InChI=1S/C15H13ClN2O/c16-13-6-5-10(17)8-14(13)18-15(19)12-7-9-3-1-2-4-11(9)12/h1-6,8,12H,7,17H2,(H,18,19). The van der Waals surface area contributed by atoms with Gasteiger partial charge >= 0.3 is 0 Å². The molecule has 1 amide bonds. The Morgan fingerprint density at radius 1 is 1.26 bits per heavy atom. The zero-order chi connectivity index (χ0) is 13.4. The van der Waals surface area contributed by atoms with Gasteiger partial charge in [0.2, 0.25) is 5.91 Å². The van der Waals surface area contributed by atoms with Crippen molar-refractivity contribution in [1.82, 2.24) is 0 Å². The fourth-order valence-corrected chi connectivity index (χ4v) is 2.52. The predicted octanol–water partition coefficient (Wildman–Crippen LogP) is 3.20. The van der Waals surface area contributed by atoms with Crippen LogP contribution in [0.2, 0.25) is 5.02 Å². The van der Waals surface area contributed by atoms with E-state index in [1.54, 1.807) is 18.2 Å². The highest BCUT2D eigenvalue weighted by Gasteiger charge is 2.31. The lowest BCUT2D eigenvalue weighted by Crippen LogP contribution is -2.30. The van der Waals surface area contributed by atoms with Gasteiger partial charge in [-0.05, 0) is 35.7 Å². The number of carbonyl (C=O) groups excluding carboxylic acids is 1. The van der Waals surface area contributed by atoms with E-state index < -0.39 is 0 Å². The normalized spacial score (nSPS) is 16.4. The second-order valence-corrected chi connectivity index (χ2v) is 5.09. The fraction of sp³-hybridized carbons (Fsp3) is 0.133. The Balaban J connectivity index is 1.79. The zero-order valence-electron chi connectivity index (χ0n) is 10.2. The summed E-state index contributed by atoms with van der Waals surface area (Å²) >= 11 is 6.04. The Hall–Kier alpha value is -2.00. The van der Waals surface area contributed by atoms with Crippen LogP contribution in [0.3, 0.4) is 0 Å². The quantitative estimate of drug-likeness (QED) is 0.825. The SMILES string of the molecule is Nc1ccc(Cl)c(NC(=O)C2Cc3ccccc32)c1. The lowest BCUT2D eigenvalue weighted by Gasteiger charge is -2.29. The lowest BCUT2D eigenvalue weighted by molar-refractivity contribution is -0.118. The number of hydrogen-bond donors (Lipinski definition) is 2. The molecule has 0 saturated carbocycles. The minimum atomic E-state index is -0.0892. The van der Waals surface area contributed by atoms with Crippen LogP contribution in [0.5, 0.6) is 0 Å². The fourth-order valence-electron chi connectivity index (χ4n) is 2.35. The van der Waals surface area contributed by atoms with E-state index in [-0.39, 0.29) is 11.8 Å². The van der Waals surface area contributed by atoms with Gasteiger partial charge in [0, 0.05) is 5.69 Å². The van der Waals surface area contributed by atoms with Crippen molar-refractivity contribution in [2.75, 3.05) is 11.1 Å². The van der Waals surface area contributed by atoms with Crippen molar-refractivity contribution in [3.63, 3.8) is 0 Å². The van der Waals surface area contributed by atoms with Crippen LogP contribution in [0.1, 0.15) is 17.0 Å². The summed E-state index contributed by atoms with van der Waals surface area (Å²) in [6.07, 6.45) is 0.780. The van der Waals surface area contributed by atoms with Crippen molar-refractivity contribution in [2.45, 2.75) is 12.3 Å². The van der Waals surface area contributed by atoms with E-state index in [4.69, 9.17) is 17.3 Å². The summed E-state index contributed by atoms with van der Waals surface area (Å²) in [5, 5.41) is 3.34. The summed E-state index contributed by atoms with van der Waals surface area (Å²) in [5.41, 5.74) is 9.17. The van der Waals surface area contributed by atoms with E-state index in [1.807, 2.05) is 24.3 Å². The summed E-state index contributed by atoms with van der Waals surface area (Å²) in [6.45, 7) is 0. The number of carbonyl (C=O) groups is 1. The van der Waals surface area contributed by atoms with Gasteiger partial charge in [0.25, 0.3) is 0 Å². The first-order valence-electron chi connectivity index (χ1n) is 6.09. The van der Waals surface area contributed by atoms with Crippen LogP contribution < -0.4 is 11.1 Å². The molecule has 0 spiro atoms. The average Bonchev–Trinajstić information content (AvgIpc) is 2.35. The van der Waals surface area contributed by atoms with Crippen molar-refractivity contribution in [2.24, 2.45) is 0 Å². The second kappa shape index (κ2) is 4.59. The van der Waals surface area contributed by atoms with Crippen molar-refractivity contribution in [1.29, 1.82) is 0 Å². The maximum Gasteiger partial charge on any atom is 0.232 e. The number of amides is 1. The number of nitrogens with two attached hydrogens (primary N) is 1. The molecule has 2 aromatic carbocycles. The first-order valence-corrected chi connectivity index (χ1v) is 6.46. The molecule has 1 atom stereocenters. The molecule has 19 heavy (non-hydrogen) atoms. The minimum Gasteiger partial charge on any atom is -0.399 e. The number of fused-ring (bicyclic) bond motifs is 1. The number of nitrogens with one attached hydrogen (secondary N) is 1. The maximum absolute atomic E-state index is 12.2. The number of nitrogen functional groups attached to an aromatic ring is 1. The first-order chi connectivity index (χ1) is 9.15. The molecule has 0 saturated heterocycles. The number of benzene rings is 2. The molecule has 0 aromatic heterocycles. The zero-order valence-corrected chi connectivity index (χ0v) is 10.9. The summed E-state index contributed by atoms with van der Waals surface area (Å²) in [5.74, 6) is -0.125. The highest BCUT2D eigenvalue weighted by atomic mass is 35.5. The van der Waals surface area contributed by atoms with Gasteiger partial charge in [-0.15, -0.1) is 0 Å². The topological polar surface area (TPSA) is 55.1 Å². The van der Waals surface area contributed by atoms with Gasteiger partial charge in [-0.3, -0.25) is 4.79 Å². The molecule has 3 N–H and O–H groups in total. The monoisotopic (exact) mass is 272 g/mol. The summed E-state index contributed by atoms with van der Waals surface area (Å²) in [4.78, 5) is 12.2. The van der Waals surface area contributed by atoms with E-state index in [1.165, 1.54) is 5.56 Å². The van der Waals surface area contributed by atoms with Crippen LogP contribution in [0.4, 0.5) is 11.4 Å². The molecule has 0 heterocycles. The van der Waals surface area contributed by atoms with Crippen molar-refractivity contribution in [3.05, 3.63) is 58.6 Å². The smallest absolute Gasteiger partial charge is 0.232 e. The number of anilines is 2. The van der Waals surface area contributed by atoms with Crippen molar-refractivity contribution < 1.29 is 4.79 Å². The molecular weight excluding hydrogens is 260 g/mol. The Morgan fingerprint density at radius 2 is 2.05 bits per heavy atom. The third-order valence-corrected chi connectivity index (χ3v) is 3.75. The molecule has 3 rings (SSSR count).